The van der Waals surface area contributed by atoms with Crippen molar-refractivity contribution in [2.75, 3.05) is 5.32 Å². The average Bonchev–Trinajstić information content (AvgIpc) is 2.41. The third kappa shape index (κ3) is 2.93. The normalized spacial score (nSPS) is 26.5. The molecular weight excluding hydrogens is 274 g/mol. The maximum Gasteiger partial charge on any atom is 0.329 e. The molecule has 1 fully saturated rings. The molecule has 0 amide bonds. The number of carboxylic acid groups (broad SMARTS) is 1. The third-order valence-corrected chi connectivity index (χ3v) is 4.62. The van der Waals surface area contributed by atoms with Gasteiger partial charge in [0, 0.05) is 10.7 Å². The maximum absolute atomic E-state index is 12.0. The van der Waals surface area contributed by atoms with Crippen LogP contribution in [0.5, 0.6) is 0 Å². The molecule has 1 saturated carbocycles. The molecule has 1 aliphatic carbocycles. The summed E-state index contributed by atoms with van der Waals surface area (Å²) >= 11 is 5.89. The molecule has 0 spiro atoms. The molecule has 0 heterocycles. The summed E-state index contributed by atoms with van der Waals surface area (Å²) in [5.41, 5.74) is -0.0374. The van der Waals surface area contributed by atoms with E-state index in [0.717, 1.165) is 24.9 Å². The monoisotopic (exact) mass is 295 g/mol. The average molecular weight is 296 g/mol. The van der Waals surface area contributed by atoms with Crippen LogP contribution in [-0.2, 0) is 4.79 Å². The first-order chi connectivity index (χ1) is 9.45. The minimum Gasteiger partial charge on any atom is -0.479 e. The van der Waals surface area contributed by atoms with Crippen molar-refractivity contribution in [1.29, 1.82) is 0 Å². The summed E-state index contributed by atoms with van der Waals surface area (Å²) in [6.07, 6.45) is 3.70. The zero-order valence-corrected chi connectivity index (χ0v) is 12.8. The lowest BCUT2D eigenvalue weighted by Crippen LogP contribution is -2.55. The fraction of sp³-hybridized carbons (Fsp3) is 0.562. The van der Waals surface area contributed by atoms with Gasteiger partial charge >= 0.3 is 5.97 Å². The van der Waals surface area contributed by atoms with Crippen LogP contribution in [0.15, 0.2) is 24.3 Å². The van der Waals surface area contributed by atoms with E-state index in [9.17, 15) is 9.90 Å². The van der Waals surface area contributed by atoms with E-state index in [0.29, 0.717) is 17.4 Å². The van der Waals surface area contributed by atoms with Gasteiger partial charge in [-0.2, -0.15) is 0 Å². The van der Waals surface area contributed by atoms with Crippen LogP contribution in [0.1, 0.15) is 39.5 Å². The summed E-state index contributed by atoms with van der Waals surface area (Å²) in [5.74, 6) is -0.263. The lowest BCUT2D eigenvalue weighted by molar-refractivity contribution is -0.146. The molecule has 3 nitrogen and oxygen atoms in total. The molecule has 0 saturated heterocycles. The van der Waals surface area contributed by atoms with Crippen LogP contribution < -0.4 is 5.32 Å². The van der Waals surface area contributed by atoms with Crippen molar-refractivity contribution in [2.45, 2.75) is 45.1 Å². The van der Waals surface area contributed by atoms with Crippen molar-refractivity contribution < 1.29 is 9.90 Å². The SMILES string of the molecule is CC(C)C1CCCCC1(Nc1ccc(Cl)cc1)C(=O)O. The number of hydrogen-bond donors (Lipinski definition) is 2. The Bertz CT molecular complexity index is 472. The maximum atomic E-state index is 12.0. The van der Waals surface area contributed by atoms with Crippen molar-refractivity contribution in [3.63, 3.8) is 0 Å². The van der Waals surface area contributed by atoms with Gasteiger partial charge < -0.3 is 10.4 Å². The van der Waals surface area contributed by atoms with E-state index in [2.05, 4.69) is 19.2 Å². The van der Waals surface area contributed by atoms with Gasteiger partial charge in [-0.1, -0.05) is 38.3 Å². The Morgan fingerprint density at radius 3 is 2.55 bits per heavy atom. The standard InChI is InChI=1S/C16H22ClNO2/c1-11(2)14-5-3-4-10-16(14,15(19)20)18-13-8-6-12(17)7-9-13/h6-9,11,14,18H,3-5,10H2,1-2H3,(H,19,20). The minimum absolute atomic E-state index is 0.143. The molecule has 0 aliphatic heterocycles. The molecule has 110 valence electrons. The van der Waals surface area contributed by atoms with Crippen LogP contribution in [0.2, 0.25) is 5.02 Å². The number of benzene rings is 1. The Balaban J connectivity index is 2.32. The van der Waals surface area contributed by atoms with E-state index in [1.165, 1.54) is 0 Å². The number of anilines is 1. The summed E-state index contributed by atoms with van der Waals surface area (Å²) in [6.45, 7) is 4.22. The summed E-state index contributed by atoms with van der Waals surface area (Å²) in [4.78, 5) is 12.0. The fourth-order valence-electron chi connectivity index (χ4n) is 3.37. The quantitative estimate of drug-likeness (QED) is 0.864. The zero-order chi connectivity index (χ0) is 14.8. The Morgan fingerprint density at radius 2 is 2.00 bits per heavy atom. The van der Waals surface area contributed by atoms with Crippen molar-refractivity contribution in [2.24, 2.45) is 11.8 Å². The number of nitrogens with one attached hydrogen (secondary N) is 1. The molecule has 0 aromatic heterocycles. The molecule has 1 aromatic carbocycles. The number of hydrogen-bond acceptors (Lipinski definition) is 2. The largest absolute Gasteiger partial charge is 0.479 e. The van der Waals surface area contributed by atoms with Crippen molar-refractivity contribution in [1.82, 2.24) is 0 Å². The molecule has 0 bridgehead atoms. The van der Waals surface area contributed by atoms with Crippen LogP contribution in [-0.4, -0.2) is 16.6 Å². The summed E-state index contributed by atoms with van der Waals surface area (Å²) in [7, 11) is 0. The van der Waals surface area contributed by atoms with Gasteiger partial charge in [-0.15, -0.1) is 0 Å². The summed E-state index contributed by atoms with van der Waals surface area (Å²) in [6, 6.07) is 7.26. The van der Waals surface area contributed by atoms with E-state index >= 15 is 0 Å². The highest BCUT2D eigenvalue weighted by atomic mass is 35.5. The first-order valence-electron chi connectivity index (χ1n) is 7.23. The van der Waals surface area contributed by atoms with Crippen molar-refractivity contribution in [3.8, 4) is 0 Å². The molecule has 1 aromatic rings. The second kappa shape index (κ2) is 6.04. The molecule has 2 N–H and O–H groups in total. The molecule has 20 heavy (non-hydrogen) atoms. The van der Waals surface area contributed by atoms with Crippen LogP contribution in [0.4, 0.5) is 5.69 Å². The van der Waals surface area contributed by atoms with E-state index in [1.54, 1.807) is 12.1 Å². The lowest BCUT2D eigenvalue weighted by atomic mass is 9.67. The molecule has 1 aliphatic rings. The highest BCUT2D eigenvalue weighted by Crippen LogP contribution is 2.41. The molecule has 0 radical (unpaired) electrons. The van der Waals surface area contributed by atoms with E-state index in [1.807, 2.05) is 12.1 Å². The molecular formula is C16H22ClNO2. The van der Waals surface area contributed by atoms with Gasteiger partial charge in [0.1, 0.15) is 5.54 Å². The number of rotatable bonds is 4. The predicted octanol–water partition coefficient (Wildman–Crippen LogP) is 4.42. The highest BCUT2D eigenvalue weighted by Gasteiger charge is 2.48. The smallest absolute Gasteiger partial charge is 0.329 e. The fourth-order valence-corrected chi connectivity index (χ4v) is 3.49. The molecule has 2 rings (SSSR count). The van der Waals surface area contributed by atoms with E-state index in [4.69, 9.17) is 11.6 Å². The van der Waals surface area contributed by atoms with Gasteiger partial charge in [-0.25, -0.2) is 4.79 Å². The first kappa shape index (κ1) is 15.2. The van der Waals surface area contributed by atoms with Gasteiger partial charge in [0.2, 0.25) is 0 Å². The Kier molecular flexibility index (Phi) is 4.59. The minimum atomic E-state index is -0.861. The van der Waals surface area contributed by atoms with E-state index < -0.39 is 11.5 Å². The van der Waals surface area contributed by atoms with Crippen LogP contribution in [0.3, 0.4) is 0 Å². The van der Waals surface area contributed by atoms with Crippen LogP contribution in [0.25, 0.3) is 0 Å². The molecule has 4 heteroatoms. The number of carboxylic acids is 1. The van der Waals surface area contributed by atoms with Gasteiger partial charge in [-0.3, -0.25) is 0 Å². The number of halogens is 1. The Hall–Kier alpha value is -1.22. The molecule has 2 atom stereocenters. The summed E-state index contributed by atoms with van der Waals surface area (Å²) < 4.78 is 0. The van der Waals surface area contributed by atoms with Gasteiger partial charge in [0.15, 0.2) is 0 Å². The van der Waals surface area contributed by atoms with Gasteiger partial charge in [0.05, 0.1) is 0 Å². The van der Waals surface area contributed by atoms with Gasteiger partial charge in [0.25, 0.3) is 0 Å². The lowest BCUT2D eigenvalue weighted by Gasteiger charge is -2.44. The molecule has 2 unspecified atom stereocenters. The third-order valence-electron chi connectivity index (χ3n) is 4.37. The van der Waals surface area contributed by atoms with Gasteiger partial charge in [-0.05, 0) is 48.9 Å². The van der Waals surface area contributed by atoms with Crippen LogP contribution >= 0.6 is 11.6 Å². The van der Waals surface area contributed by atoms with E-state index in [-0.39, 0.29) is 5.92 Å². The Morgan fingerprint density at radius 1 is 1.35 bits per heavy atom. The van der Waals surface area contributed by atoms with Crippen LogP contribution in [0, 0.1) is 11.8 Å². The zero-order valence-electron chi connectivity index (χ0n) is 12.0. The van der Waals surface area contributed by atoms with Crippen molar-refractivity contribution >= 4 is 23.3 Å². The van der Waals surface area contributed by atoms with Crippen molar-refractivity contribution in [3.05, 3.63) is 29.3 Å². The Labute approximate surface area is 125 Å². The topological polar surface area (TPSA) is 49.3 Å². The number of carbonyl (C=O) groups is 1. The second-order valence-corrected chi connectivity index (χ2v) is 6.44. The first-order valence-corrected chi connectivity index (χ1v) is 7.60. The second-order valence-electron chi connectivity index (χ2n) is 6.00. The highest BCUT2D eigenvalue weighted by molar-refractivity contribution is 6.30. The predicted molar refractivity (Wildman–Crippen MR) is 82.2 cm³/mol. The number of aliphatic carboxylic acids is 1. The summed E-state index contributed by atoms with van der Waals surface area (Å²) in [5, 5.41) is 13.8.